The van der Waals surface area contributed by atoms with Crippen LogP contribution in [0.25, 0.3) is 0 Å². The van der Waals surface area contributed by atoms with Crippen molar-refractivity contribution in [2.24, 2.45) is 5.92 Å². The standard InChI is InChI=1S/C13H22N6O4S/c1-18(2)13-16-10(15-12(14)17-13)8-23-11(20)9-4-6-19(7-5-9)24(3,21)22/h9H,4-8H2,1-3H3,(H2,14,15,16,17). The van der Waals surface area contributed by atoms with Gasteiger partial charge in [0, 0.05) is 27.2 Å². The highest BCUT2D eigenvalue weighted by molar-refractivity contribution is 7.88. The number of carbonyl (C=O) groups is 1. The highest BCUT2D eigenvalue weighted by Gasteiger charge is 2.30. The Bertz CT molecular complexity index is 700. The minimum Gasteiger partial charge on any atom is -0.457 e. The van der Waals surface area contributed by atoms with Crippen molar-refractivity contribution in [3.63, 3.8) is 0 Å². The lowest BCUT2D eigenvalue weighted by Crippen LogP contribution is -2.40. The molecule has 1 aromatic rings. The van der Waals surface area contributed by atoms with Crippen molar-refractivity contribution in [1.82, 2.24) is 19.3 Å². The van der Waals surface area contributed by atoms with Gasteiger partial charge in [0.2, 0.25) is 21.9 Å². The van der Waals surface area contributed by atoms with E-state index in [4.69, 9.17) is 10.5 Å². The summed E-state index contributed by atoms with van der Waals surface area (Å²) in [7, 11) is 0.316. The van der Waals surface area contributed by atoms with E-state index in [1.54, 1.807) is 19.0 Å². The van der Waals surface area contributed by atoms with Crippen molar-refractivity contribution in [2.45, 2.75) is 19.4 Å². The van der Waals surface area contributed by atoms with Gasteiger partial charge in [-0.05, 0) is 12.8 Å². The summed E-state index contributed by atoms with van der Waals surface area (Å²) in [6.45, 7) is 0.544. The third-order valence-corrected chi connectivity index (χ3v) is 4.99. The van der Waals surface area contributed by atoms with Crippen LogP contribution in [-0.2, 0) is 26.2 Å². The number of hydrogen-bond acceptors (Lipinski definition) is 9. The Labute approximate surface area is 141 Å². The first-order valence-corrected chi connectivity index (χ1v) is 9.31. The van der Waals surface area contributed by atoms with Gasteiger partial charge in [0.25, 0.3) is 0 Å². The number of anilines is 2. The van der Waals surface area contributed by atoms with E-state index < -0.39 is 10.0 Å². The Balaban J connectivity index is 1.90. The zero-order valence-corrected chi connectivity index (χ0v) is 14.8. The first-order valence-electron chi connectivity index (χ1n) is 7.46. The van der Waals surface area contributed by atoms with Crippen molar-refractivity contribution < 1.29 is 17.9 Å². The molecule has 2 N–H and O–H groups in total. The second-order valence-corrected chi connectivity index (χ2v) is 7.83. The molecule has 0 unspecified atom stereocenters. The van der Waals surface area contributed by atoms with Crippen molar-refractivity contribution in [1.29, 1.82) is 0 Å². The van der Waals surface area contributed by atoms with E-state index in [1.807, 2.05) is 0 Å². The molecule has 10 nitrogen and oxygen atoms in total. The van der Waals surface area contributed by atoms with Gasteiger partial charge < -0.3 is 15.4 Å². The highest BCUT2D eigenvalue weighted by atomic mass is 32.2. The number of piperidine rings is 1. The first-order chi connectivity index (χ1) is 11.2. The molecule has 1 saturated heterocycles. The highest BCUT2D eigenvalue weighted by Crippen LogP contribution is 2.20. The van der Waals surface area contributed by atoms with Crippen molar-refractivity contribution in [2.75, 3.05) is 44.1 Å². The summed E-state index contributed by atoms with van der Waals surface area (Å²) in [6, 6.07) is 0. The molecular formula is C13H22N6O4S. The summed E-state index contributed by atoms with van der Waals surface area (Å²) in [4.78, 5) is 25.9. The number of hydrogen-bond donors (Lipinski definition) is 1. The molecule has 1 fully saturated rings. The third-order valence-electron chi connectivity index (χ3n) is 3.69. The van der Waals surface area contributed by atoms with E-state index in [2.05, 4.69) is 15.0 Å². The predicted octanol–water partition coefficient (Wildman–Crippen LogP) is -0.765. The van der Waals surface area contributed by atoms with Gasteiger partial charge in [0.1, 0.15) is 0 Å². The lowest BCUT2D eigenvalue weighted by atomic mass is 9.98. The van der Waals surface area contributed by atoms with Crippen molar-refractivity contribution in [3.05, 3.63) is 5.82 Å². The summed E-state index contributed by atoms with van der Waals surface area (Å²) in [5.74, 6) is 0.00776. The number of sulfonamides is 1. The number of ether oxygens (including phenoxy) is 1. The monoisotopic (exact) mass is 358 g/mol. The number of nitrogens with zero attached hydrogens (tertiary/aromatic N) is 5. The topological polar surface area (TPSA) is 132 Å². The fourth-order valence-corrected chi connectivity index (χ4v) is 3.24. The average Bonchev–Trinajstić information content (AvgIpc) is 2.51. The summed E-state index contributed by atoms with van der Waals surface area (Å²) in [5, 5.41) is 0. The maximum Gasteiger partial charge on any atom is 0.309 e. The van der Waals surface area contributed by atoms with Gasteiger partial charge in [0.05, 0.1) is 12.2 Å². The number of nitrogen functional groups attached to an aromatic ring is 1. The molecule has 2 rings (SSSR count). The van der Waals surface area contributed by atoms with Crippen LogP contribution in [0.15, 0.2) is 0 Å². The zero-order valence-electron chi connectivity index (χ0n) is 14.0. The predicted molar refractivity (Wildman–Crippen MR) is 87.5 cm³/mol. The molecule has 0 bridgehead atoms. The third kappa shape index (κ3) is 4.74. The molecule has 0 atom stereocenters. The van der Waals surface area contributed by atoms with E-state index in [0.717, 1.165) is 0 Å². The van der Waals surface area contributed by atoms with Gasteiger partial charge >= 0.3 is 5.97 Å². The molecule has 0 saturated carbocycles. The molecule has 1 aromatic heterocycles. The second kappa shape index (κ2) is 7.26. The Hall–Kier alpha value is -2.01. The van der Waals surface area contributed by atoms with Crippen LogP contribution in [0.2, 0.25) is 0 Å². The lowest BCUT2D eigenvalue weighted by molar-refractivity contribution is -0.151. The quantitative estimate of drug-likeness (QED) is 0.674. The Morgan fingerprint density at radius 1 is 1.29 bits per heavy atom. The molecule has 24 heavy (non-hydrogen) atoms. The number of esters is 1. The number of carbonyl (C=O) groups excluding carboxylic acids is 1. The fraction of sp³-hybridized carbons (Fsp3) is 0.692. The van der Waals surface area contributed by atoms with Crippen LogP contribution in [0.3, 0.4) is 0 Å². The van der Waals surface area contributed by atoms with Crippen LogP contribution in [0.5, 0.6) is 0 Å². The SMILES string of the molecule is CN(C)c1nc(N)nc(COC(=O)C2CCN(S(C)(=O)=O)CC2)n1. The van der Waals surface area contributed by atoms with Crippen LogP contribution in [0, 0.1) is 5.92 Å². The molecule has 0 aliphatic carbocycles. The number of nitrogens with two attached hydrogens (primary N) is 1. The van der Waals surface area contributed by atoms with Crippen LogP contribution >= 0.6 is 0 Å². The Morgan fingerprint density at radius 3 is 2.46 bits per heavy atom. The molecule has 0 spiro atoms. The van der Waals surface area contributed by atoms with Crippen LogP contribution < -0.4 is 10.6 Å². The van der Waals surface area contributed by atoms with Crippen molar-refractivity contribution in [3.8, 4) is 0 Å². The maximum atomic E-state index is 12.1. The lowest BCUT2D eigenvalue weighted by Gasteiger charge is -2.28. The van der Waals surface area contributed by atoms with E-state index in [9.17, 15) is 13.2 Å². The van der Waals surface area contributed by atoms with E-state index in [-0.39, 0.29) is 30.3 Å². The second-order valence-electron chi connectivity index (χ2n) is 5.85. The summed E-state index contributed by atoms with van der Waals surface area (Å²) in [6.07, 6.45) is 2.04. The minimum absolute atomic E-state index is 0.0567. The summed E-state index contributed by atoms with van der Waals surface area (Å²) in [5.41, 5.74) is 5.61. The van der Waals surface area contributed by atoms with Gasteiger partial charge in [-0.25, -0.2) is 12.7 Å². The summed E-state index contributed by atoms with van der Waals surface area (Å²) >= 11 is 0. The van der Waals surface area contributed by atoms with E-state index in [1.165, 1.54) is 10.6 Å². The molecule has 134 valence electrons. The van der Waals surface area contributed by atoms with Crippen LogP contribution in [0.1, 0.15) is 18.7 Å². The van der Waals surface area contributed by atoms with Gasteiger partial charge in [-0.15, -0.1) is 0 Å². The van der Waals surface area contributed by atoms with Gasteiger partial charge in [0.15, 0.2) is 12.4 Å². The van der Waals surface area contributed by atoms with Crippen LogP contribution in [0.4, 0.5) is 11.9 Å². The zero-order chi connectivity index (χ0) is 17.9. The van der Waals surface area contributed by atoms with Gasteiger partial charge in [-0.1, -0.05) is 0 Å². The molecule has 11 heteroatoms. The molecular weight excluding hydrogens is 336 g/mol. The molecule has 0 radical (unpaired) electrons. The largest absolute Gasteiger partial charge is 0.457 e. The molecule has 0 aromatic carbocycles. The van der Waals surface area contributed by atoms with E-state index >= 15 is 0 Å². The molecule has 2 heterocycles. The summed E-state index contributed by atoms with van der Waals surface area (Å²) < 4.78 is 29.5. The van der Waals surface area contributed by atoms with Gasteiger partial charge in [-0.3, -0.25) is 4.79 Å². The Morgan fingerprint density at radius 2 is 1.92 bits per heavy atom. The minimum atomic E-state index is -3.21. The van der Waals surface area contributed by atoms with E-state index in [0.29, 0.717) is 31.9 Å². The van der Waals surface area contributed by atoms with Crippen molar-refractivity contribution >= 4 is 27.9 Å². The number of rotatable bonds is 5. The molecule has 1 aliphatic rings. The smallest absolute Gasteiger partial charge is 0.309 e. The molecule has 0 amide bonds. The normalized spacial score (nSPS) is 16.8. The number of aromatic nitrogens is 3. The fourth-order valence-electron chi connectivity index (χ4n) is 2.37. The van der Waals surface area contributed by atoms with Gasteiger partial charge in [-0.2, -0.15) is 15.0 Å². The first kappa shape index (κ1) is 18.3. The average molecular weight is 358 g/mol. The Kier molecular flexibility index (Phi) is 5.54. The maximum absolute atomic E-state index is 12.1. The van der Waals surface area contributed by atoms with Crippen LogP contribution in [-0.4, -0.2) is 67.1 Å². The molecule has 1 aliphatic heterocycles.